The van der Waals surface area contributed by atoms with Crippen LogP contribution in [-0.4, -0.2) is 49.2 Å². The fraction of sp³-hybridized carbons (Fsp3) is 0.571. The number of carbonyl (C=O) groups is 1. The molecule has 1 aliphatic heterocycles. The van der Waals surface area contributed by atoms with Crippen molar-refractivity contribution in [2.45, 2.75) is 50.9 Å². The fourth-order valence-electron chi connectivity index (χ4n) is 4.91. The zero-order valence-electron chi connectivity index (χ0n) is 16.4. The maximum atomic E-state index is 13.5. The SMILES string of the molecule is C[C@@H]1CCN(C(=O)C2CCC(F)(F)CC2)C[C@@H]1c1ncc2cnc3[nH]ccc3n12. The van der Waals surface area contributed by atoms with E-state index in [1.165, 1.54) is 0 Å². The van der Waals surface area contributed by atoms with Gasteiger partial charge in [-0.05, 0) is 31.2 Å². The summed E-state index contributed by atoms with van der Waals surface area (Å²) in [6.45, 7) is 3.47. The van der Waals surface area contributed by atoms with E-state index in [0.717, 1.165) is 28.9 Å². The lowest BCUT2D eigenvalue weighted by atomic mass is 9.83. The summed E-state index contributed by atoms with van der Waals surface area (Å²) in [5, 5.41) is 0. The number of hydrogen-bond donors (Lipinski definition) is 1. The number of rotatable bonds is 2. The van der Waals surface area contributed by atoms with Gasteiger partial charge in [-0.15, -0.1) is 0 Å². The van der Waals surface area contributed by atoms with Gasteiger partial charge >= 0.3 is 0 Å². The predicted octanol–water partition coefficient (Wildman–Crippen LogP) is 3.99. The average Bonchev–Trinajstić information content (AvgIpc) is 3.34. The number of piperidine rings is 1. The van der Waals surface area contributed by atoms with Gasteiger partial charge in [-0.2, -0.15) is 0 Å². The number of nitrogens with one attached hydrogen (secondary N) is 1. The molecule has 3 aromatic heterocycles. The highest BCUT2D eigenvalue weighted by Crippen LogP contribution is 2.39. The van der Waals surface area contributed by atoms with Gasteiger partial charge < -0.3 is 9.88 Å². The molecule has 3 aromatic rings. The highest BCUT2D eigenvalue weighted by atomic mass is 19.3. The second-order valence-electron chi connectivity index (χ2n) is 8.63. The van der Waals surface area contributed by atoms with Gasteiger partial charge in [0.05, 0.1) is 23.4 Å². The zero-order valence-corrected chi connectivity index (χ0v) is 16.4. The van der Waals surface area contributed by atoms with Crippen molar-refractivity contribution in [1.29, 1.82) is 0 Å². The molecule has 0 aromatic carbocycles. The minimum Gasteiger partial charge on any atom is -0.345 e. The fourth-order valence-corrected chi connectivity index (χ4v) is 4.91. The van der Waals surface area contributed by atoms with Crippen molar-refractivity contribution in [3.63, 3.8) is 0 Å². The van der Waals surface area contributed by atoms with Crippen molar-refractivity contribution in [2.24, 2.45) is 11.8 Å². The number of halogens is 2. The normalized spacial score (nSPS) is 25.7. The number of alkyl halides is 2. The van der Waals surface area contributed by atoms with Crippen LogP contribution in [0.1, 0.15) is 50.8 Å². The summed E-state index contributed by atoms with van der Waals surface area (Å²) in [5.74, 6) is -1.44. The van der Waals surface area contributed by atoms with Crippen molar-refractivity contribution in [3.8, 4) is 0 Å². The maximum Gasteiger partial charge on any atom is 0.248 e. The maximum absolute atomic E-state index is 13.5. The van der Waals surface area contributed by atoms with Crippen molar-refractivity contribution in [1.82, 2.24) is 24.3 Å². The summed E-state index contributed by atoms with van der Waals surface area (Å²) in [6.07, 6.45) is 6.57. The van der Waals surface area contributed by atoms with Crippen LogP contribution in [0.4, 0.5) is 8.78 Å². The molecule has 1 N–H and O–H groups in total. The van der Waals surface area contributed by atoms with E-state index in [0.29, 0.717) is 19.0 Å². The van der Waals surface area contributed by atoms with Gasteiger partial charge in [0.2, 0.25) is 11.8 Å². The molecular weight excluding hydrogens is 376 g/mol. The second kappa shape index (κ2) is 6.78. The molecular formula is C21H25F2N5O. The van der Waals surface area contributed by atoms with Crippen LogP contribution in [0.15, 0.2) is 24.7 Å². The van der Waals surface area contributed by atoms with E-state index in [9.17, 15) is 13.6 Å². The number of hydrogen-bond acceptors (Lipinski definition) is 3. The van der Waals surface area contributed by atoms with Gasteiger partial charge in [0.1, 0.15) is 5.82 Å². The van der Waals surface area contributed by atoms with Gasteiger partial charge in [0, 0.05) is 44.0 Å². The third-order valence-electron chi connectivity index (χ3n) is 6.76. The summed E-state index contributed by atoms with van der Waals surface area (Å²) in [6, 6.07) is 1.99. The Balaban J connectivity index is 1.42. The molecule has 1 amide bonds. The smallest absolute Gasteiger partial charge is 0.248 e. The molecule has 0 radical (unpaired) electrons. The Morgan fingerprint density at radius 1 is 1.21 bits per heavy atom. The number of carbonyl (C=O) groups excluding carboxylic acids is 1. The van der Waals surface area contributed by atoms with E-state index in [4.69, 9.17) is 4.98 Å². The van der Waals surface area contributed by atoms with Crippen LogP contribution in [0.5, 0.6) is 0 Å². The topological polar surface area (TPSA) is 66.3 Å². The van der Waals surface area contributed by atoms with E-state index < -0.39 is 5.92 Å². The lowest BCUT2D eigenvalue weighted by Gasteiger charge is -2.39. The largest absolute Gasteiger partial charge is 0.345 e. The van der Waals surface area contributed by atoms with Crippen LogP contribution in [0.2, 0.25) is 0 Å². The molecule has 5 rings (SSSR count). The molecule has 29 heavy (non-hydrogen) atoms. The van der Waals surface area contributed by atoms with Gasteiger partial charge in [0.15, 0.2) is 5.65 Å². The minimum atomic E-state index is -2.61. The van der Waals surface area contributed by atoms with E-state index in [1.54, 1.807) is 6.20 Å². The first-order valence-corrected chi connectivity index (χ1v) is 10.4. The molecule has 4 heterocycles. The third-order valence-corrected chi connectivity index (χ3v) is 6.76. The number of nitrogens with zero attached hydrogens (tertiary/aromatic N) is 4. The first kappa shape index (κ1) is 18.5. The third kappa shape index (κ3) is 3.18. The Hall–Kier alpha value is -2.51. The van der Waals surface area contributed by atoms with E-state index in [1.807, 2.05) is 23.4 Å². The Bertz CT molecular complexity index is 1050. The lowest BCUT2D eigenvalue weighted by molar-refractivity contribution is -0.141. The standard InChI is InChI=1S/C21H25F2N5O/c1-13-5-9-27(20(29)14-2-6-21(22,23)7-3-14)12-16(13)19-26-11-15-10-25-18-17(28(15)19)4-8-24-18/h4,8,10-11,13-14,16,24H,2-3,5-7,9,12H2,1H3/t13-,16+/m1/s1. The summed E-state index contributed by atoms with van der Waals surface area (Å²) in [4.78, 5) is 27.2. The molecule has 1 saturated carbocycles. The number of amides is 1. The quantitative estimate of drug-likeness (QED) is 0.706. The van der Waals surface area contributed by atoms with E-state index in [2.05, 4.69) is 21.3 Å². The Labute approximate surface area is 167 Å². The summed E-state index contributed by atoms with van der Waals surface area (Å²) in [5.41, 5.74) is 2.70. The second-order valence-corrected chi connectivity index (χ2v) is 8.63. The van der Waals surface area contributed by atoms with Crippen LogP contribution >= 0.6 is 0 Å². The molecule has 0 bridgehead atoms. The van der Waals surface area contributed by atoms with Crippen LogP contribution in [0, 0.1) is 11.8 Å². The summed E-state index contributed by atoms with van der Waals surface area (Å²) >= 11 is 0. The van der Waals surface area contributed by atoms with Crippen molar-refractivity contribution >= 4 is 22.6 Å². The number of imidazole rings is 1. The molecule has 0 spiro atoms. The monoisotopic (exact) mass is 401 g/mol. The van der Waals surface area contributed by atoms with Crippen LogP contribution in [0.25, 0.3) is 16.7 Å². The number of aromatic nitrogens is 4. The van der Waals surface area contributed by atoms with E-state index in [-0.39, 0.29) is 43.4 Å². The predicted molar refractivity (Wildman–Crippen MR) is 105 cm³/mol. The van der Waals surface area contributed by atoms with Crippen LogP contribution in [-0.2, 0) is 4.79 Å². The first-order chi connectivity index (χ1) is 13.9. The van der Waals surface area contributed by atoms with Crippen molar-refractivity contribution < 1.29 is 13.6 Å². The van der Waals surface area contributed by atoms with Gasteiger partial charge in [0.25, 0.3) is 0 Å². The molecule has 6 nitrogen and oxygen atoms in total. The zero-order chi connectivity index (χ0) is 20.2. The Morgan fingerprint density at radius 3 is 2.76 bits per heavy atom. The van der Waals surface area contributed by atoms with Crippen LogP contribution < -0.4 is 0 Å². The molecule has 2 aliphatic rings. The molecule has 2 atom stereocenters. The number of fused-ring (bicyclic) bond motifs is 3. The first-order valence-electron chi connectivity index (χ1n) is 10.4. The molecule has 0 unspecified atom stereocenters. The minimum absolute atomic E-state index is 0.0340. The Kier molecular flexibility index (Phi) is 4.33. The highest BCUT2D eigenvalue weighted by molar-refractivity contribution is 5.79. The Morgan fingerprint density at radius 2 is 1.97 bits per heavy atom. The van der Waals surface area contributed by atoms with Crippen LogP contribution in [0.3, 0.4) is 0 Å². The molecule has 1 aliphatic carbocycles. The summed E-state index contributed by atoms with van der Waals surface area (Å²) < 4.78 is 29.1. The average molecular weight is 401 g/mol. The number of aromatic amines is 1. The number of likely N-dealkylation sites (tertiary alicyclic amines) is 1. The van der Waals surface area contributed by atoms with Gasteiger partial charge in [-0.3, -0.25) is 9.20 Å². The van der Waals surface area contributed by atoms with Gasteiger partial charge in [-0.25, -0.2) is 18.7 Å². The molecule has 1 saturated heterocycles. The lowest BCUT2D eigenvalue weighted by Crippen LogP contribution is -2.46. The molecule has 8 heteroatoms. The van der Waals surface area contributed by atoms with Crippen molar-refractivity contribution in [3.05, 3.63) is 30.5 Å². The van der Waals surface area contributed by atoms with Gasteiger partial charge in [-0.1, -0.05) is 6.92 Å². The highest BCUT2D eigenvalue weighted by Gasteiger charge is 2.40. The molecule has 154 valence electrons. The molecule has 2 fully saturated rings. The van der Waals surface area contributed by atoms with E-state index >= 15 is 0 Å². The van der Waals surface area contributed by atoms with Crippen molar-refractivity contribution in [2.75, 3.05) is 13.1 Å². The number of H-pyrrole nitrogens is 1. The summed E-state index contributed by atoms with van der Waals surface area (Å²) in [7, 11) is 0.